The molecule has 0 N–H and O–H groups in total. The molecule has 2 rings (SSSR count). The Balaban J connectivity index is 0.000000500. The minimum Gasteiger partial charge on any atom is -0.393 e. The fourth-order valence-electron chi connectivity index (χ4n) is 6.76. The van der Waals surface area contributed by atoms with Crippen molar-refractivity contribution in [1.29, 1.82) is 0 Å². The van der Waals surface area contributed by atoms with E-state index in [1.54, 1.807) is 0 Å². The molecule has 0 saturated carbocycles. The number of unbranched alkanes of at least 4 members (excludes halogenated alkanes) is 24. The fraction of sp³-hybridized carbons (Fsp3) is 0.818. The molecule has 288 valence electrons. The summed E-state index contributed by atoms with van der Waals surface area (Å²) >= 11 is 0. The molecule has 2 atom stereocenters. The van der Waals surface area contributed by atoms with E-state index in [0.717, 1.165) is 51.4 Å². The molecule has 2 fully saturated rings. The highest BCUT2D eigenvalue weighted by atomic mass is 16.6. The second kappa shape index (κ2) is 33.9. The first-order valence-corrected chi connectivity index (χ1v) is 21.3. The molecule has 2 heterocycles. The number of carbonyl (C=O) groups is 4. The molecule has 2 saturated heterocycles. The lowest BCUT2D eigenvalue weighted by molar-refractivity contribution is -0.155. The molecule has 6 heteroatoms. The second-order valence-electron chi connectivity index (χ2n) is 14.8. The van der Waals surface area contributed by atoms with Crippen LogP contribution >= 0.6 is 0 Å². The van der Waals surface area contributed by atoms with Gasteiger partial charge < -0.3 is 9.47 Å². The van der Waals surface area contributed by atoms with Gasteiger partial charge in [-0.25, -0.2) is 0 Å². The molecule has 2 aliphatic rings. The number of rotatable bonds is 32. The van der Waals surface area contributed by atoms with Crippen molar-refractivity contribution in [1.82, 2.24) is 0 Å². The molecule has 0 aromatic heterocycles. The van der Waals surface area contributed by atoms with Gasteiger partial charge in [0.25, 0.3) is 0 Å². The fourth-order valence-corrected chi connectivity index (χ4v) is 6.76. The number of hydrogen-bond acceptors (Lipinski definition) is 6. The van der Waals surface area contributed by atoms with Gasteiger partial charge >= 0.3 is 23.9 Å². The first-order valence-electron chi connectivity index (χ1n) is 21.3. The molecule has 0 aliphatic carbocycles. The van der Waals surface area contributed by atoms with Crippen molar-refractivity contribution in [3.05, 3.63) is 24.3 Å². The average Bonchev–Trinajstić information content (AvgIpc) is 3.61. The molecule has 0 bridgehead atoms. The van der Waals surface area contributed by atoms with E-state index in [0.29, 0.717) is 0 Å². The molecule has 0 amide bonds. The van der Waals surface area contributed by atoms with Crippen LogP contribution in [0.15, 0.2) is 24.3 Å². The Bertz CT molecular complexity index is 921. The van der Waals surface area contributed by atoms with Crippen molar-refractivity contribution in [3.8, 4) is 0 Å². The van der Waals surface area contributed by atoms with Gasteiger partial charge in [-0.05, 0) is 64.2 Å². The minimum absolute atomic E-state index is 0.172. The monoisotopic (exact) mass is 701 g/mol. The molecule has 0 aromatic rings. The molecule has 0 spiro atoms. The van der Waals surface area contributed by atoms with E-state index in [4.69, 9.17) is 0 Å². The lowest BCUT2D eigenvalue weighted by Gasteiger charge is -2.03. The van der Waals surface area contributed by atoms with Crippen LogP contribution < -0.4 is 0 Å². The van der Waals surface area contributed by atoms with Crippen molar-refractivity contribution >= 4 is 23.9 Å². The molecule has 6 nitrogen and oxygen atoms in total. The van der Waals surface area contributed by atoms with Crippen LogP contribution in [0.3, 0.4) is 0 Å². The first kappa shape index (κ1) is 45.8. The number of allylic oxidation sites excluding steroid dienone is 4. The Morgan fingerprint density at radius 2 is 0.660 bits per heavy atom. The SMILES string of the molecule is CCCCCCCCCCCC=CCCCCCC1CC(=O)OC1=O.CCCCCCCCCCCCC=CCCCCC1CC(=O)OC1=O. The maximum absolute atomic E-state index is 11.3. The summed E-state index contributed by atoms with van der Waals surface area (Å²) in [6.45, 7) is 4.54. The summed E-state index contributed by atoms with van der Waals surface area (Å²) in [6.07, 6.45) is 47.8. The highest BCUT2D eigenvalue weighted by Gasteiger charge is 2.33. The zero-order valence-electron chi connectivity index (χ0n) is 32.5. The van der Waals surface area contributed by atoms with Gasteiger partial charge in [-0.15, -0.1) is 0 Å². The van der Waals surface area contributed by atoms with Crippen LogP contribution in [0.5, 0.6) is 0 Å². The zero-order valence-corrected chi connectivity index (χ0v) is 32.5. The van der Waals surface area contributed by atoms with Crippen molar-refractivity contribution < 1.29 is 28.7 Å². The van der Waals surface area contributed by atoms with E-state index < -0.39 is 0 Å². The standard InChI is InChI=1S/2C22H38O3/c2*1-2-3-4-5-6-7-8-9-10-11-12-13-14-15-16-17-18-20-19-21(23)25-22(20)24/h13-14,20H,2-12,15-19H2,1H3;12-13,20H,2-11,14-19H2,1H3. The Morgan fingerprint density at radius 1 is 0.400 bits per heavy atom. The molecule has 2 unspecified atom stereocenters. The molecule has 2 aliphatic heterocycles. The maximum atomic E-state index is 11.3. The number of hydrogen-bond donors (Lipinski definition) is 0. The molecular formula is C44H76O6. The van der Waals surface area contributed by atoms with Gasteiger partial charge in [-0.2, -0.15) is 0 Å². The Labute approximate surface area is 307 Å². The van der Waals surface area contributed by atoms with Crippen LogP contribution in [0.1, 0.15) is 219 Å². The first-order chi connectivity index (χ1) is 24.5. The number of cyclic esters (lactones) is 4. The normalized spacial score (nSPS) is 17.6. The van der Waals surface area contributed by atoms with Crippen LogP contribution in [-0.2, 0) is 28.7 Å². The van der Waals surface area contributed by atoms with Crippen molar-refractivity contribution in [3.63, 3.8) is 0 Å². The van der Waals surface area contributed by atoms with Gasteiger partial charge in [0.05, 0.1) is 24.7 Å². The summed E-state index contributed by atoms with van der Waals surface area (Å²) < 4.78 is 9.13. The lowest BCUT2D eigenvalue weighted by Crippen LogP contribution is -2.06. The quantitative estimate of drug-likeness (QED) is 0.0300. The van der Waals surface area contributed by atoms with Gasteiger partial charge in [0, 0.05) is 0 Å². The highest BCUT2D eigenvalue weighted by molar-refractivity contribution is 5.95. The van der Waals surface area contributed by atoms with Crippen molar-refractivity contribution in [2.45, 2.75) is 219 Å². The second-order valence-corrected chi connectivity index (χ2v) is 14.8. The summed E-state index contributed by atoms with van der Waals surface area (Å²) in [5.41, 5.74) is 0. The van der Waals surface area contributed by atoms with Crippen molar-refractivity contribution in [2.24, 2.45) is 11.8 Å². The zero-order chi connectivity index (χ0) is 36.3. The van der Waals surface area contributed by atoms with Gasteiger partial charge in [0.2, 0.25) is 0 Å². The Morgan fingerprint density at radius 3 is 0.960 bits per heavy atom. The third kappa shape index (κ3) is 27.5. The van der Waals surface area contributed by atoms with Gasteiger partial charge in [0.1, 0.15) is 0 Å². The van der Waals surface area contributed by atoms with Gasteiger partial charge in [0.15, 0.2) is 0 Å². The third-order valence-electron chi connectivity index (χ3n) is 10.1. The van der Waals surface area contributed by atoms with Crippen LogP contribution in [0.25, 0.3) is 0 Å². The van der Waals surface area contributed by atoms with Crippen molar-refractivity contribution in [2.75, 3.05) is 0 Å². The summed E-state index contributed by atoms with van der Waals surface area (Å²) in [6, 6.07) is 0. The minimum atomic E-state index is -0.355. The van der Waals surface area contributed by atoms with Gasteiger partial charge in [-0.1, -0.05) is 167 Å². The highest BCUT2D eigenvalue weighted by Crippen LogP contribution is 2.23. The largest absolute Gasteiger partial charge is 0.393 e. The summed E-state index contributed by atoms with van der Waals surface area (Å²) in [5, 5.41) is 0. The smallest absolute Gasteiger partial charge is 0.317 e. The summed E-state index contributed by atoms with van der Waals surface area (Å²) in [5.74, 6) is -1.69. The maximum Gasteiger partial charge on any atom is 0.317 e. The predicted molar refractivity (Wildman–Crippen MR) is 207 cm³/mol. The predicted octanol–water partition coefficient (Wildman–Crippen LogP) is 13.0. The molecule has 0 aromatic carbocycles. The Hall–Kier alpha value is -2.24. The Kier molecular flexibility index (Phi) is 31.0. The topological polar surface area (TPSA) is 86.7 Å². The van der Waals surface area contributed by atoms with Crippen LogP contribution in [0.4, 0.5) is 0 Å². The molecular weight excluding hydrogens is 624 g/mol. The third-order valence-corrected chi connectivity index (χ3v) is 10.1. The van der Waals surface area contributed by atoms with E-state index in [9.17, 15) is 19.2 Å². The van der Waals surface area contributed by atoms with Crippen LogP contribution in [0.2, 0.25) is 0 Å². The molecule has 0 radical (unpaired) electrons. The summed E-state index contributed by atoms with van der Waals surface area (Å²) in [7, 11) is 0. The van der Waals surface area contributed by atoms with E-state index >= 15 is 0 Å². The number of carbonyl (C=O) groups excluding carboxylic acids is 4. The summed E-state index contributed by atoms with van der Waals surface area (Å²) in [4.78, 5) is 44.6. The van der Waals surface area contributed by atoms with E-state index in [1.165, 1.54) is 141 Å². The van der Waals surface area contributed by atoms with E-state index in [-0.39, 0.29) is 48.6 Å². The average molecular weight is 701 g/mol. The van der Waals surface area contributed by atoms with Crippen LogP contribution in [0, 0.1) is 11.8 Å². The van der Waals surface area contributed by atoms with Crippen LogP contribution in [-0.4, -0.2) is 23.9 Å². The van der Waals surface area contributed by atoms with Gasteiger partial charge in [-0.3, -0.25) is 19.2 Å². The number of ether oxygens (including phenoxy) is 2. The van der Waals surface area contributed by atoms with E-state index in [1.807, 2.05) is 0 Å². The lowest BCUT2D eigenvalue weighted by atomic mass is 9.99. The van der Waals surface area contributed by atoms with E-state index in [2.05, 4.69) is 47.6 Å². The molecule has 50 heavy (non-hydrogen) atoms. The number of esters is 4.